The molecule has 3 aromatic rings. The summed E-state index contributed by atoms with van der Waals surface area (Å²) in [5, 5.41) is 28.6. The Morgan fingerprint density at radius 3 is 2.59 bits per heavy atom. The third-order valence-electron chi connectivity index (χ3n) is 4.49. The normalized spacial score (nSPS) is 13.6. The molecule has 7 heteroatoms. The topological polar surface area (TPSA) is 88.2 Å². The highest BCUT2D eigenvalue weighted by atomic mass is 32.2. The van der Waals surface area contributed by atoms with Crippen LogP contribution in [0.1, 0.15) is 40.5 Å². The van der Waals surface area contributed by atoms with Crippen molar-refractivity contribution >= 4 is 17.5 Å². The van der Waals surface area contributed by atoms with Gasteiger partial charge in [0.25, 0.3) is 0 Å². The maximum absolute atomic E-state index is 12.5. The third-order valence-corrected chi connectivity index (χ3v) is 5.45. The molecule has 0 amide bonds. The molecule has 2 N–H and O–H groups in total. The van der Waals surface area contributed by atoms with E-state index >= 15 is 0 Å². The molecular weight excluding hydrogens is 362 g/mol. The van der Waals surface area contributed by atoms with Crippen LogP contribution in [0.5, 0.6) is 11.5 Å². The minimum Gasteiger partial charge on any atom is -0.508 e. The quantitative estimate of drug-likeness (QED) is 0.480. The van der Waals surface area contributed by atoms with Gasteiger partial charge < -0.3 is 14.8 Å². The lowest BCUT2D eigenvalue weighted by molar-refractivity contribution is 0.102. The monoisotopic (exact) mass is 381 g/mol. The number of aromatic hydroxyl groups is 2. The van der Waals surface area contributed by atoms with Gasteiger partial charge in [-0.3, -0.25) is 4.79 Å². The Hall–Kier alpha value is -2.80. The molecule has 0 saturated heterocycles. The highest BCUT2D eigenvalue weighted by molar-refractivity contribution is 7.99. The van der Waals surface area contributed by atoms with Crippen molar-refractivity contribution in [2.24, 2.45) is 0 Å². The molecule has 1 aliphatic rings. The second-order valence-corrected chi connectivity index (χ2v) is 7.54. The van der Waals surface area contributed by atoms with Gasteiger partial charge in [0.2, 0.25) is 0 Å². The number of hydrogen-bond donors (Lipinski definition) is 2. The molecule has 138 valence electrons. The van der Waals surface area contributed by atoms with E-state index in [1.54, 1.807) is 0 Å². The first-order chi connectivity index (χ1) is 13.1. The van der Waals surface area contributed by atoms with E-state index < -0.39 is 0 Å². The average molecular weight is 381 g/mol. The SMILES string of the molecule is O=C(CSc1nnc(C2CC2)n1Cc1ccccc1)c1ccc(O)cc1O. The highest BCUT2D eigenvalue weighted by Crippen LogP contribution is 2.40. The van der Waals surface area contributed by atoms with E-state index in [-0.39, 0.29) is 28.6 Å². The van der Waals surface area contributed by atoms with Gasteiger partial charge in [-0.25, -0.2) is 0 Å². The molecule has 4 rings (SSSR count). The largest absolute Gasteiger partial charge is 0.508 e. The van der Waals surface area contributed by atoms with Crippen LogP contribution in [0.25, 0.3) is 0 Å². The summed E-state index contributed by atoms with van der Waals surface area (Å²) in [6.45, 7) is 0.667. The number of thioether (sulfide) groups is 1. The first-order valence-electron chi connectivity index (χ1n) is 8.77. The fourth-order valence-electron chi connectivity index (χ4n) is 2.93. The van der Waals surface area contributed by atoms with E-state index in [0.717, 1.165) is 24.2 Å². The van der Waals surface area contributed by atoms with Crippen molar-refractivity contribution < 1.29 is 15.0 Å². The zero-order chi connectivity index (χ0) is 18.8. The smallest absolute Gasteiger partial charge is 0.191 e. The Kier molecular flexibility index (Phi) is 4.85. The molecule has 0 spiro atoms. The maximum Gasteiger partial charge on any atom is 0.191 e. The molecule has 1 aromatic heterocycles. The van der Waals surface area contributed by atoms with Crippen molar-refractivity contribution in [3.05, 3.63) is 65.5 Å². The molecule has 0 unspecified atom stereocenters. The van der Waals surface area contributed by atoms with Crippen LogP contribution < -0.4 is 0 Å². The van der Waals surface area contributed by atoms with E-state index in [4.69, 9.17) is 0 Å². The van der Waals surface area contributed by atoms with Gasteiger partial charge in [-0.15, -0.1) is 10.2 Å². The lowest BCUT2D eigenvalue weighted by atomic mass is 10.1. The number of aromatic nitrogens is 3. The summed E-state index contributed by atoms with van der Waals surface area (Å²) in [4.78, 5) is 12.5. The van der Waals surface area contributed by atoms with Crippen molar-refractivity contribution in [2.75, 3.05) is 5.75 Å². The average Bonchev–Trinajstić information content (AvgIpc) is 3.43. The fraction of sp³-hybridized carbons (Fsp3) is 0.250. The van der Waals surface area contributed by atoms with Crippen LogP contribution in [0, 0.1) is 0 Å². The minimum atomic E-state index is -0.222. The number of phenols is 2. The van der Waals surface area contributed by atoms with Gasteiger partial charge in [-0.05, 0) is 30.5 Å². The van der Waals surface area contributed by atoms with Gasteiger partial charge in [-0.2, -0.15) is 0 Å². The predicted molar refractivity (Wildman–Crippen MR) is 102 cm³/mol. The summed E-state index contributed by atoms with van der Waals surface area (Å²) in [7, 11) is 0. The van der Waals surface area contributed by atoms with Crippen LogP contribution >= 0.6 is 11.8 Å². The molecule has 2 aromatic carbocycles. The second-order valence-electron chi connectivity index (χ2n) is 6.60. The van der Waals surface area contributed by atoms with Gasteiger partial charge in [0.15, 0.2) is 10.9 Å². The Balaban J connectivity index is 1.52. The van der Waals surface area contributed by atoms with Crippen molar-refractivity contribution in [1.82, 2.24) is 14.8 Å². The number of carbonyl (C=O) groups is 1. The van der Waals surface area contributed by atoms with Crippen LogP contribution in [0.4, 0.5) is 0 Å². The lowest BCUT2D eigenvalue weighted by Crippen LogP contribution is -2.08. The van der Waals surface area contributed by atoms with E-state index in [2.05, 4.69) is 26.9 Å². The summed E-state index contributed by atoms with van der Waals surface area (Å²) in [6, 6.07) is 14.1. The minimum absolute atomic E-state index is 0.0756. The zero-order valence-corrected chi connectivity index (χ0v) is 15.4. The molecule has 0 atom stereocenters. The number of Topliss-reactive ketones (excluding diaryl/α,β-unsaturated/α-hetero) is 1. The predicted octanol–water partition coefficient (Wildman–Crippen LogP) is 3.59. The summed E-state index contributed by atoms with van der Waals surface area (Å²) in [6.07, 6.45) is 2.25. The highest BCUT2D eigenvalue weighted by Gasteiger charge is 2.30. The second kappa shape index (κ2) is 7.44. The first kappa shape index (κ1) is 17.6. The van der Waals surface area contributed by atoms with Crippen molar-refractivity contribution in [3.63, 3.8) is 0 Å². The maximum atomic E-state index is 12.5. The Labute approximate surface area is 160 Å². The molecule has 0 radical (unpaired) electrons. The molecule has 0 bridgehead atoms. The van der Waals surface area contributed by atoms with Gasteiger partial charge in [-0.1, -0.05) is 42.1 Å². The van der Waals surface area contributed by atoms with Crippen LogP contribution in [0.2, 0.25) is 0 Å². The summed E-state index contributed by atoms with van der Waals surface area (Å²) in [5.74, 6) is 1.04. The van der Waals surface area contributed by atoms with E-state index in [9.17, 15) is 15.0 Å². The third kappa shape index (κ3) is 3.98. The van der Waals surface area contributed by atoms with Crippen LogP contribution in [0.3, 0.4) is 0 Å². The molecule has 1 heterocycles. The van der Waals surface area contributed by atoms with Crippen LogP contribution in [-0.2, 0) is 6.54 Å². The van der Waals surface area contributed by atoms with Crippen molar-refractivity contribution in [1.29, 1.82) is 0 Å². The summed E-state index contributed by atoms with van der Waals surface area (Å²) in [5.41, 5.74) is 1.35. The number of rotatable bonds is 7. The molecule has 1 aliphatic carbocycles. The van der Waals surface area contributed by atoms with Gasteiger partial charge in [0.05, 0.1) is 17.9 Å². The van der Waals surface area contributed by atoms with Gasteiger partial charge >= 0.3 is 0 Å². The van der Waals surface area contributed by atoms with E-state index in [1.807, 2.05) is 18.2 Å². The Morgan fingerprint density at radius 1 is 1.11 bits per heavy atom. The molecular formula is C20H19N3O3S. The number of benzene rings is 2. The molecule has 1 fully saturated rings. The van der Waals surface area contributed by atoms with Gasteiger partial charge in [0, 0.05) is 12.0 Å². The van der Waals surface area contributed by atoms with E-state index in [1.165, 1.54) is 30.0 Å². The van der Waals surface area contributed by atoms with Gasteiger partial charge in [0.1, 0.15) is 17.3 Å². The number of ketones is 1. The summed E-state index contributed by atoms with van der Waals surface area (Å²) < 4.78 is 2.08. The number of carbonyl (C=O) groups excluding carboxylic acids is 1. The zero-order valence-electron chi connectivity index (χ0n) is 14.6. The van der Waals surface area contributed by atoms with E-state index in [0.29, 0.717) is 17.6 Å². The standard InChI is InChI=1S/C20H19N3O3S/c24-15-8-9-16(17(25)10-15)18(26)12-27-20-22-21-19(14-6-7-14)23(20)11-13-4-2-1-3-5-13/h1-5,8-10,14,24-25H,6-7,11-12H2. The fourth-order valence-corrected chi connectivity index (χ4v) is 3.76. The number of phenolic OH excluding ortho intramolecular Hbond substituents is 2. The van der Waals surface area contributed by atoms with Crippen LogP contribution in [0.15, 0.2) is 53.7 Å². The molecule has 6 nitrogen and oxygen atoms in total. The number of nitrogens with zero attached hydrogens (tertiary/aromatic N) is 3. The summed E-state index contributed by atoms with van der Waals surface area (Å²) >= 11 is 1.31. The first-order valence-corrected chi connectivity index (χ1v) is 9.75. The molecule has 0 aliphatic heterocycles. The lowest BCUT2D eigenvalue weighted by Gasteiger charge is -2.10. The Morgan fingerprint density at radius 2 is 1.89 bits per heavy atom. The molecule has 1 saturated carbocycles. The van der Waals surface area contributed by atoms with Crippen molar-refractivity contribution in [2.45, 2.75) is 30.5 Å². The Bertz CT molecular complexity index is 968. The molecule has 27 heavy (non-hydrogen) atoms. The van der Waals surface area contributed by atoms with Crippen molar-refractivity contribution in [3.8, 4) is 11.5 Å². The number of hydrogen-bond acceptors (Lipinski definition) is 6. The van der Waals surface area contributed by atoms with Crippen LogP contribution in [-0.4, -0.2) is 36.5 Å².